The normalized spacial score (nSPS) is 15.5. The van der Waals surface area contributed by atoms with Crippen LogP contribution in [0, 0.1) is 11.8 Å². The summed E-state index contributed by atoms with van der Waals surface area (Å²) in [6.07, 6.45) is 7.62. The molecular weight excluding hydrogens is 206 g/mol. The van der Waals surface area contributed by atoms with E-state index < -0.39 is 0 Å². The molecule has 0 aliphatic carbocycles. The summed E-state index contributed by atoms with van der Waals surface area (Å²) in [5.74, 6) is 1.55. The van der Waals surface area contributed by atoms with Crippen molar-refractivity contribution in [3.8, 4) is 0 Å². The highest BCUT2D eigenvalue weighted by atomic mass is 14.9. The van der Waals surface area contributed by atoms with Crippen LogP contribution in [0.2, 0.25) is 0 Å². The molecule has 1 nitrogen and oxygen atoms in total. The van der Waals surface area contributed by atoms with E-state index in [1.54, 1.807) is 0 Å². The Morgan fingerprint density at radius 3 is 1.29 bits per heavy atom. The predicted molar refractivity (Wildman–Crippen MR) is 78.4 cm³/mol. The van der Waals surface area contributed by atoms with Gasteiger partial charge in [0, 0.05) is 12.1 Å². The van der Waals surface area contributed by atoms with Crippen LogP contribution in [-0.2, 0) is 0 Å². The molecule has 0 aliphatic heterocycles. The first-order chi connectivity index (χ1) is 7.99. The highest BCUT2D eigenvalue weighted by Gasteiger charge is 2.17. The summed E-state index contributed by atoms with van der Waals surface area (Å²) in [4.78, 5) is 0. The summed E-state index contributed by atoms with van der Waals surface area (Å²) < 4.78 is 0. The van der Waals surface area contributed by atoms with E-state index in [0.29, 0.717) is 12.1 Å². The maximum Gasteiger partial charge on any atom is 0.0251 e. The van der Waals surface area contributed by atoms with Gasteiger partial charge in [-0.05, 0) is 37.5 Å². The summed E-state index contributed by atoms with van der Waals surface area (Å²) >= 11 is 0. The summed E-state index contributed by atoms with van der Waals surface area (Å²) in [7, 11) is 0. The molecule has 0 aromatic carbocycles. The Balaban J connectivity index is 4.22. The molecule has 0 N–H and O–H groups in total. The van der Waals surface area contributed by atoms with Crippen LogP contribution in [0.5, 0.6) is 0 Å². The largest absolute Gasteiger partial charge is 0.235 e. The second-order valence-corrected chi connectivity index (χ2v) is 6.29. The zero-order valence-electron chi connectivity index (χ0n) is 13.0. The van der Waals surface area contributed by atoms with Gasteiger partial charge in [-0.1, -0.05) is 54.4 Å². The summed E-state index contributed by atoms with van der Waals surface area (Å²) in [5.41, 5.74) is 0. The van der Waals surface area contributed by atoms with E-state index in [9.17, 15) is 0 Å². The molecule has 0 aromatic heterocycles. The zero-order valence-corrected chi connectivity index (χ0v) is 13.0. The van der Waals surface area contributed by atoms with E-state index in [4.69, 9.17) is 5.32 Å². The number of hydrogen-bond donors (Lipinski definition) is 0. The van der Waals surface area contributed by atoms with E-state index >= 15 is 0 Å². The lowest BCUT2D eigenvalue weighted by Gasteiger charge is -2.26. The van der Waals surface area contributed by atoms with Gasteiger partial charge in [0.2, 0.25) is 0 Å². The molecule has 0 aromatic rings. The molecule has 0 saturated heterocycles. The van der Waals surface area contributed by atoms with Crippen LogP contribution in [0.15, 0.2) is 0 Å². The maximum atomic E-state index is 5.14. The van der Waals surface area contributed by atoms with Crippen LogP contribution in [0.25, 0.3) is 0 Å². The Morgan fingerprint density at radius 1 is 0.706 bits per heavy atom. The summed E-state index contributed by atoms with van der Waals surface area (Å²) in [6, 6.07) is 1.21. The average molecular weight is 240 g/mol. The van der Waals surface area contributed by atoms with Crippen LogP contribution in [0.1, 0.15) is 80.1 Å². The van der Waals surface area contributed by atoms with Gasteiger partial charge in [0.1, 0.15) is 0 Å². The van der Waals surface area contributed by atoms with Crippen LogP contribution in [0.3, 0.4) is 0 Å². The molecule has 17 heavy (non-hydrogen) atoms. The summed E-state index contributed by atoms with van der Waals surface area (Å²) in [6.45, 7) is 13.8. The van der Waals surface area contributed by atoms with E-state index in [2.05, 4.69) is 41.5 Å². The minimum Gasteiger partial charge on any atom is -0.235 e. The summed E-state index contributed by atoms with van der Waals surface area (Å²) in [5, 5.41) is 5.14. The highest BCUT2D eigenvalue weighted by Crippen LogP contribution is 2.17. The molecule has 1 radical (unpaired) electrons. The Bertz CT molecular complexity index is 145. The molecule has 0 bridgehead atoms. The van der Waals surface area contributed by atoms with Gasteiger partial charge in [-0.25, -0.2) is 5.32 Å². The molecule has 1 heteroatoms. The predicted octanol–water partition coefficient (Wildman–Crippen LogP) is 5.02. The van der Waals surface area contributed by atoms with Crippen molar-refractivity contribution in [3.63, 3.8) is 0 Å². The number of hydrogen-bond acceptors (Lipinski definition) is 0. The van der Waals surface area contributed by atoms with E-state index in [1.165, 1.54) is 38.5 Å². The molecular formula is C16H34N. The van der Waals surface area contributed by atoms with Gasteiger partial charge < -0.3 is 0 Å². The molecule has 2 unspecified atom stereocenters. The molecule has 103 valence electrons. The SMILES string of the molecule is CCCC(CC(C)C)[N]C(CCC)CC(C)C. The van der Waals surface area contributed by atoms with Gasteiger partial charge in [0.15, 0.2) is 0 Å². The third-order valence-corrected chi connectivity index (χ3v) is 3.15. The quantitative estimate of drug-likeness (QED) is 0.509. The molecule has 0 rings (SSSR count). The third kappa shape index (κ3) is 9.64. The Kier molecular flexibility index (Phi) is 9.91. The monoisotopic (exact) mass is 240 g/mol. The topological polar surface area (TPSA) is 14.1 Å². The Labute approximate surface area is 110 Å². The standard InChI is InChI=1S/C16H34N/c1-7-9-15(11-13(3)4)17-16(10-8-2)12-14(5)6/h13-16H,7-12H2,1-6H3. The van der Waals surface area contributed by atoms with Gasteiger partial charge in [-0.15, -0.1) is 0 Å². The Hall–Kier alpha value is -0.0400. The minimum absolute atomic E-state index is 0.607. The number of nitrogens with zero attached hydrogens (tertiary/aromatic N) is 1. The number of rotatable bonds is 10. The molecule has 0 aliphatic rings. The van der Waals surface area contributed by atoms with E-state index in [1.807, 2.05) is 0 Å². The third-order valence-electron chi connectivity index (χ3n) is 3.15. The molecule has 0 fully saturated rings. The highest BCUT2D eigenvalue weighted by molar-refractivity contribution is 4.75. The maximum absolute atomic E-state index is 5.14. The van der Waals surface area contributed by atoms with Crippen LogP contribution in [-0.4, -0.2) is 12.1 Å². The van der Waals surface area contributed by atoms with Gasteiger partial charge in [0.25, 0.3) is 0 Å². The molecule has 0 heterocycles. The first-order valence-electron chi connectivity index (χ1n) is 7.69. The van der Waals surface area contributed by atoms with Crippen LogP contribution >= 0.6 is 0 Å². The lowest BCUT2D eigenvalue weighted by Crippen LogP contribution is -2.33. The first-order valence-corrected chi connectivity index (χ1v) is 7.69. The fourth-order valence-electron chi connectivity index (χ4n) is 2.56. The van der Waals surface area contributed by atoms with Crippen molar-refractivity contribution in [3.05, 3.63) is 0 Å². The molecule has 0 saturated carbocycles. The van der Waals surface area contributed by atoms with Crippen molar-refractivity contribution in [1.29, 1.82) is 0 Å². The second-order valence-electron chi connectivity index (χ2n) is 6.29. The fourth-order valence-corrected chi connectivity index (χ4v) is 2.56. The van der Waals surface area contributed by atoms with Crippen molar-refractivity contribution in [2.75, 3.05) is 0 Å². The van der Waals surface area contributed by atoms with Crippen molar-refractivity contribution in [2.24, 2.45) is 11.8 Å². The van der Waals surface area contributed by atoms with Gasteiger partial charge in [-0.2, -0.15) is 0 Å². The van der Waals surface area contributed by atoms with Crippen molar-refractivity contribution in [2.45, 2.75) is 92.2 Å². The molecule has 2 atom stereocenters. The van der Waals surface area contributed by atoms with Crippen molar-refractivity contribution < 1.29 is 0 Å². The molecule has 0 amide bonds. The molecule has 0 spiro atoms. The lowest BCUT2D eigenvalue weighted by atomic mass is 9.95. The van der Waals surface area contributed by atoms with Crippen molar-refractivity contribution >= 4 is 0 Å². The van der Waals surface area contributed by atoms with E-state index in [-0.39, 0.29) is 0 Å². The minimum atomic E-state index is 0.607. The lowest BCUT2D eigenvalue weighted by molar-refractivity contribution is 0.303. The average Bonchev–Trinajstić information content (AvgIpc) is 2.16. The smallest absolute Gasteiger partial charge is 0.0251 e. The zero-order chi connectivity index (χ0) is 13.3. The van der Waals surface area contributed by atoms with Crippen LogP contribution < -0.4 is 5.32 Å². The fraction of sp³-hybridized carbons (Fsp3) is 1.00. The van der Waals surface area contributed by atoms with Crippen LogP contribution in [0.4, 0.5) is 0 Å². The van der Waals surface area contributed by atoms with Crippen molar-refractivity contribution in [1.82, 2.24) is 5.32 Å². The Morgan fingerprint density at radius 2 is 1.06 bits per heavy atom. The first kappa shape index (κ1) is 17.0. The van der Waals surface area contributed by atoms with E-state index in [0.717, 1.165) is 11.8 Å². The van der Waals surface area contributed by atoms with Gasteiger partial charge >= 0.3 is 0 Å². The van der Waals surface area contributed by atoms with Gasteiger partial charge in [-0.3, -0.25) is 0 Å². The second kappa shape index (κ2) is 9.94. The van der Waals surface area contributed by atoms with Gasteiger partial charge in [0.05, 0.1) is 0 Å².